The molecular weight excluding hydrogens is 246 g/mol. The highest BCUT2D eigenvalue weighted by Gasteiger charge is 2.40. The van der Waals surface area contributed by atoms with Gasteiger partial charge in [0.05, 0.1) is 10.6 Å². The Hall–Kier alpha value is -0.800. The van der Waals surface area contributed by atoms with Crippen LogP contribution in [0.3, 0.4) is 0 Å². The molecule has 3 nitrogen and oxygen atoms in total. The molecule has 1 aromatic heterocycles. The standard InChI is InChI=1S/C14H20ClN3/c15-12-5-4-8-17-13(12)18-10-9-16-11-14(18)6-2-1-3-7-14/h4-5,8,16H,1-3,6-7,9-11H2. The number of rotatable bonds is 1. The van der Waals surface area contributed by atoms with E-state index in [1.165, 1.54) is 32.1 Å². The predicted octanol–water partition coefficient (Wildman–Crippen LogP) is 2.85. The average molecular weight is 266 g/mol. The molecule has 4 heteroatoms. The Kier molecular flexibility index (Phi) is 3.44. The van der Waals surface area contributed by atoms with E-state index in [0.29, 0.717) is 0 Å². The lowest BCUT2D eigenvalue weighted by Gasteiger charge is -2.50. The van der Waals surface area contributed by atoms with Crippen LogP contribution in [0.15, 0.2) is 18.3 Å². The van der Waals surface area contributed by atoms with Crippen LogP contribution in [0.25, 0.3) is 0 Å². The minimum atomic E-state index is 0.245. The van der Waals surface area contributed by atoms with Gasteiger partial charge in [-0.15, -0.1) is 0 Å². The largest absolute Gasteiger partial charge is 0.347 e. The minimum absolute atomic E-state index is 0.245. The number of aromatic nitrogens is 1. The van der Waals surface area contributed by atoms with Crippen molar-refractivity contribution in [2.24, 2.45) is 0 Å². The SMILES string of the molecule is Clc1cccnc1N1CCNCC12CCCCC2. The van der Waals surface area contributed by atoms with Crippen LogP contribution >= 0.6 is 11.6 Å². The molecule has 0 amide bonds. The van der Waals surface area contributed by atoms with Crippen molar-refractivity contribution >= 4 is 17.4 Å². The number of anilines is 1. The molecule has 0 bridgehead atoms. The molecule has 1 N–H and O–H groups in total. The third-order valence-corrected chi connectivity index (χ3v) is 4.61. The van der Waals surface area contributed by atoms with E-state index in [1.807, 2.05) is 18.3 Å². The van der Waals surface area contributed by atoms with Crippen molar-refractivity contribution < 1.29 is 0 Å². The Balaban J connectivity index is 1.94. The van der Waals surface area contributed by atoms with Crippen molar-refractivity contribution in [1.29, 1.82) is 0 Å². The zero-order valence-corrected chi connectivity index (χ0v) is 11.4. The second-order valence-corrected chi connectivity index (χ2v) is 5.83. The zero-order chi connectivity index (χ0) is 12.4. The fraction of sp³-hybridized carbons (Fsp3) is 0.643. The van der Waals surface area contributed by atoms with Gasteiger partial charge >= 0.3 is 0 Å². The van der Waals surface area contributed by atoms with Gasteiger partial charge in [0.25, 0.3) is 0 Å². The van der Waals surface area contributed by atoms with Crippen LogP contribution in [0.1, 0.15) is 32.1 Å². The molecule has 1 aromatic rings. The molecule has 0 atom stereocenters. The first kappa shape index (κ1) is 12.2. The van der Waals surface area contributed by atoms with Gasteiger partial charge in [0.1, 0.15) is 5.82 Å². The van der Waals surface area contributed by atoms with E-state index in [9.17, 15) is 0 Å². The second kappa shape index (κ2) is 5.06. The van der Waals surface area contributed by atoms with Crippen LogP contribution in [0.4, 0.5) is 5.82 Å². The van der Waals surface area contributed by atoms with Gasteiger partial charge in [-0.05, 0) is 25.0 Å². The molecule has 1 aliphatic carbocycles. The number of halogens is 1. The molecule has 1 aliphatic heterocycles. The van der Waals surface area contributed by atoms with Gasteiger partial charge in [-0.2, -0.15) is 0 Å². The molecule has 0 aromatic carbocycles. The molecule has 0 radical (unpaired) electrons. The number of hydrogen-bond acceptors (Lipinski definition) is 3. The lowest BCUT2D eigenvalue weighted by molar-refractivity contribution is 0.240. The molecule has 1 saturated carbocycles. The molecule has 18 heavy (non-hydrogen) atoms. The van der Waals surface area contributed by atoms with Crippen molar-refractivity contribution in [3.63, 3.8) is 0 Å². The van der Waals surface area contributed by atoms with Gasteiger partial charge < -0.3 is 10.2 Å². The molecule has 1 saturated heterocycles. The molecule has 98 valence electrons. The highest BCUT2D eigenvalue weighted by molar-refractivity contribution is 6.32. The quantitative estimate of drug-likeness (QED) is 0.846. The minimum Gasteiger partial charge on any atom is -0.347 e. The molecule has 0 unspecified atom stereocenters. The lowest BCUT2D eigenvalue weighted by atomic mass is 9.79. The summed E-state index contributed by atoms with van der Waals surface area (Å²) in [5.41, 5.74) is 0.245. The zero-order valence-electron chi connectivity index (χ0n) is 10.7. The van der Waals surface area contributed by atoms with Crippen molar-refractivity contribution in [3.8, 4) is 0 Å². The number of piperazine rings is 1. The first-order valence-electron chi connectivity index (χ1n) is 6.91. The van der Waals surface area contributed by atoms with Crippen LogP contribution in [-0.4, -0.2) is 30.2 Å². The van der Waals surface area contributed by atoms with Gasteiger partial charge in [-0.1, -0.05) is 30.9 Å². The summed E-state index contributed by atoms with van der Waals surface area (Å²) >= 11 is 6.34. The monoisotopic (exact) mass is 265 g/mol. The van der Waals surface area contributed by atoms with E-state index in [1.54, 1.807) is 0 Å². The van der Waals surface area contributed by atoms with E-state index in [-0.39, 0.29) is 5.54 Å². The van der Waals surface area contributed by atoms with Crippen LogP contribution in [-0.2, 0) is 0 Å². The first-order chi connectivity index (χ1) is 8.82. The van der Waals surface area contributed by atoms with Crippen LogP contribution in [0.5, 0.6) is 0 Å². The van der Waals surface area contributed by atoms with Crippen LogP contribution < -0.4 is 10.2 Å². The number of pyridine rings is 1. The van der Waals surface area contributed by atoms with E-state index in [4.69, 9.17) is 11.6 Å². The van der Waals surface area contributed by atoms with E-state index >= 15 is 0 Å². The fourth-order valence-corrected chi connectivity index (χ4v) is 3.63. The summed E-state index contributed by atoms with van der Waals surface area (Å²) in [6.45, 7) is 3.10. The maximum atomic E-state index is 6.34. The summed E-state index contributed by atoms with van der Waals surface area (Å²) in [6, 6.07) is 3.85. The fourth-order valence-electron chi connectivity index (χ4n) is 3.41. The molecule has 1 spiro atoms. The van der Waals surface area contributed by atoms with E-state index < -0.39 is 0 Å². The van der Waals surface area contributed by atoms with E-state index in [0.717, 1.165) is 30.5 Å². The van der Waals surface area contributed by atoms with Crippen molar-refractivity contribution in [2.75, 3.05) is 24.5 Å². The summed E-state index contributed by atoms with van der Waals surface area (Å²) in [5.74, 6) is 0.975. The second-order valence-electron chi connectivity index (χ2n) is 5.42. The maximum Gasteiger partial charge on any atom is 0.147 e. The van der Waals surface area contributed by atoms with Gasteiger partial charge in [0.2, 0.25) is 0 Å². The highest BCUT2D eigenvalue weighted by atomic mass is 35.5. The summed E-state index contributed by atoms with van der Waals surface area (Å²) in [7, 11) is 0. The van der Waals surface area contributed by atoms with Crippen molar-refractivity contribution in [2.45, 2.75) is 37.6 Å². The normalized spacial score (nSPS) is 23.3. The van der Waals surface area contributed by atoms with Gasteiger partial charge in [-0.25, -0.2) is 4.98 Å². The topological polar surface area (TPSA) is 28.2 Å². The average Bonchev–Trinajstić information content (AvgIpc) is 2.41. The number of nitrogens with one attached hydrogen (secondary N) is 1. The smallest absolute Gasteiger partial charge is 0.147 e. The summed E-state index contributed by atoms with van der Waals surface area (Å²) in [6.07, 6.45) is 8.37. The Morgan fingerprint density at radius 2 is 2.11 bits per heavy atom. The molecule has 2 fully saturated rings. The maximum absolute atomic E-state index is 6.34. The molecular formula is C14H20ClN3. The predicted molar refractivity (Wildman–Crippen MR) is 75.3 cm³/mol. The Labute approximate surface area is 114 Å². The van der Waals surface area contributed by atoms with E-state index in [2.05, 4.69) is 15.2 Å². The Bertz CT molecular complexity index is 407. The van der Waals surface area contributed by atoms with Gasteiger partial charge in [-0.3, -0.25) is 0 Å². The van der Waals surface area contributed by atoms with Crippen molar-refractivity contribution in [3.05, 3.63) is 23.4 Å². The number of nitrogens with zero attached hydrogens (tertiary/aromatic N) is 2. The molecule has 3 rings (SSSR count). The third kappa shape index (κ3) is 2.10. The summed E-state index contributed by atoms with van der Waals surface area (Å²) in [4.78, 5) is 6.98. The summed E-state index contributed by atoms with van der Waals surface area (Å²) in [5, 5.41) is 4.33. The first-order valence-corrected chi connectivity index (χ1v) is 7.29. The van der Waals surface area contributed by atoms with Crippen LogP contribution in [0.2, 0.25) is 5.02 Å². The van der Waals surface area contributed by atoms with Gasteiger partial charge in [0.15, 0.2) is 0 Å². The lowest BCUT2D eigenvalue weighted by Crippen LogP contribution is -2.62. The summed E-state index contributed by atoms with van der Waals surface area (Å²) < 4.78 is 0. The molecule has 2 aliphatic rings. The highest BCUT2D eigenvalue weighted by Crippen LogP contribution is 2.38. The Morgan fingerprint density at radius 3 is 2.89 bits per heavy atom. The number of hydrogen-bond donors (Lipinski definition) is 1. The molecule has 2 heterocycles. The third-order valence-electron chi connectivity index (χ3n) is 4.32. The van der Waals surface area contributed by atoms with Crippen LogP contribution in [0, 0.1) is 0 Å². The van der Waals surface area contributed by atoms with Crippen molar-refractivity contribution in [1.82, 2.24) is 10.3 Å². The van der Waals surface area contributed by atoms with Gasteiger partial charge in [0, 0.05) is 25.8 Å². The Morgan fingerprint density at radius 1 is 1.28 bits per heavy atom.